The molecule has 1 nitrogen and oxygen atoms in total. The van der Waals surface area contributed by atoms with E-state index in [-0.39, 0.29) is 10.5 Å². The fourth-order valence-corrected chi connectivity index (χ4v) is 2.50. The van der Waals surface area contributed by atoms with Crippen molar-refractivity contribution in [1.82, 2.24) is 0 Å². The van der Waals surface area contributed by atoms with Crippen LogP contribution in [0, 0.1) is 0 Å². The zero-order chi connectivity index (χ0) is 13.9. The molecule has 2 aromatic carbocycles. The SMILES string of the molecule is CC(C)(C)c1ccc(SC(=O)c2ccccc2)cc1. The molecular formula is C17H18OS. The lowest BCUT2D eigenvalue weighted by Crippen LogP contribution is -2.10. The maximum absolute atomic E-state index is 12.1. The van der Waals surface area contributed by atoms with Crippen LogP contribution in [-0.4, -0.2) is 5.12 Å². The molecule has 0 saturated heterocycles. The Morgan fingerprint density at radius 1 is 0.895 bits per heavy atom. The van der Waals surface area contributed by atoms with Gasteiger partial charge < -0.3 is 0 Å². The monoisotopic (exact) mass is 270 g/mol. The summed E-state index contributed by atoms with van der Waals surface area (Å²) < 4.78 is 0. The minimum Gasteiger partial charge on any atom is -0.281 e. The van der Waals surface area contributed by atoms with Crippen molar-refractivity contribution < 1.29 is 4.79 Å². The standard InChI is InChI=1S/C17H18OS/c1-17(2,3)14-9-11-15(12-10-14)19-16(18)13-7-5-4-6-8-13/h4-12H,1-3H3. The first-order valence-corrected chi connectivity index (χ1v) is 7.16. The van der Waals surface area contributed by atoms with Gasteiger partial charge in [0.2, 0.25) is 5.12 Å². The van der Waals surface area contributed by atoms with Gasteiger partial charge in [-0.25, -0.2) is 0 Å². The molecule has 2 rings (SSSR count). The van der Waals surface area contributed by atoms with Crippen LogP contribution in [0.25, 0.3) is 0 Å². The molecule has 0 aliphatic heterocycles. The van der Waals surface area contributed by atoms with E-state index < -0.39 is 0 Å². The number of rotatable bonds is 2. The lowest BCUT2D eigenvalue weighted by Gasteiger charge is -2.18. The first kappa shape index (κ1) is 13.9. The third kappa shape index (κ3) is 3.71. The Bertz CT molecular complexity index is 550. The van der Waals surface area contributed by atoms with Gasteiger partial charge in [-0.05, 0) is 34.9 Å². The smallest absolute Gasteiger partial charge is 0.224 e. The summed E-state index contributed by atoms with van der Waals surface area (Å²) in [6.45, 7) is 6.55. The van der Waals surface area contributed by atoms with Crippen LogP contribution in [0.5, 0.6) is 0 Å². The van der Waals surface area contributed by atoms with E-state index in [4.69, 9.17) is 0 Å². The van der Waals surface area contributed by atoms with Gasteiger partial charge in [0.15, 0.2) is 0 Å². The molecule has 0 amide bonds. The largest absolute Gasteiger partial charge is 0.281 e. The number of thioether (sulfide) groups is 1. The summed E-state index contributed by atoms with van der Waals surface area (Å²) >= 11 is 1.28. The molecule has 2 heteroatoms. The maximum Gasteiger partial charge on any atom is 0.224 e. The van der Waals surface area contributed by atoms with E-state index >= 15 is 0 Å². The van der Waals surface area contributed by atoms with Crippen molar-refractivity contribution in [1.29, 1.82) is 0 Å². The number of hydrogen-bond donors (Lipinski definition) is 0. The van der Waals surface area contributed by atoms with Crippen LogP contribution in [-0.2, 0) is 5.41 Å². The highest BCUT2D eigenvalue weighted by Crippen LogP contribution is 2.27. The van der Waals surface area contributed by atoms with Crippen molar-refractivity contribution in [3.63, 3.8) is 0 Å². The third-order valence-corrected chi connectivity index (χ3v) is 3.87. The number of carbonyl (C=O) groups is 1. The Kier molecular flexibility index (Phi) is 4.11. The van der Waals surface area contributed by atoms with Gasteiger partial charge >= 0.3 is 0 Å². The van der Waals surface area contributed by atoms with Gasteiger partial charge in [-0.1, -0.05) is 63.2 Å². The highest BCUT2D eigenvalue weighted by molar-refractivity contribution is 8.14. The summed E-state index contributed by atoms with van der Waals surface area (Å²) in [6.07, 6.45) is 0. The van der Waals surface area contributed by atoms with Crippen molar-refractivity contribution in [3.8, 4) is 0 Å². The lowest BCUT2D eigenvalue weighted by molar-refractivity contribution is 0.108. The fourth-order valence-electron chi connectivity index (χ4n) is 1.76. The predicted molar refractivity (Wildman–Crippen MR) is 81.8 cm³/mol. The summed E-state index contributed by atoms with van der Waals surface area (Å²) in [5.74, 6) is 0. The van der Waals surface area contributed by atoms with Gasteiger partial charge in [0.25, 0.3) is 0 Å². The summed E-state index contributed by atoms with van der Waals surface area (Å²) in [7, 11) is 0. The first-order valence-electron chi connectivity index (χ1n) is 6.34. The van der Waals surface area contributed by atoms with Crippen LogP contribution < -0.4 is 0 Å². The Morgan fingerprint density at radius 2 is 1.47 bits per heavy atom. The second kappa shape index (κ2) is 5.62. The van der Waals surface area contributed by atoms with Crippen molar-refractivity contribution in [2.75, 3.05) is 0 Å². The van der Waals surface area contributed by atoms with Crippen LogP contribution in [0.3, 0.4) is 0 Å². The highest BCUT2D eigenvalue weighted by Gasteiger charge is 2.13. The van der Waals surface area contributed by atoms with Gasteiger partial charge in [-0.3, -0.25) is 4.79 Å². The molecule has 0 radical (unpaired) electrons. The Balaban J connectivity index is 2.10. The second-order valence-electron chi connectivity index (χ2n) is 5.53. The average Bonchev–Trinajstić information content (AvgIpc) is 2.39. The van der Waals surface area contributed by atoms with Gasteiger partial charge in [0, 0.05) is 10.5 Å². The summed E-state index contributed by atoms with van der Waals surface area (Å²) in [6, 6.07) is 17.6. The molecule has 0 fully saturated rings. The Morgan fingerprint density at radius 3 is 2.00 bits per heavy atom. The molecule has 0 N–H and O–H groups in total. The van der Waals surface area contributed by atoms with E-state index in [2.05, 4.69) is 32.9 Å². The van der Waals surface area contributed by atoms with Gasteiger partial charge in [0.05, 0.1) is 0 Å². The summed E-state index contributed by atoms with van der Waals surface area (Å²) in [4.78, 5) is 13.0. The zero-order valence-corrected chi connectivity index (χ0v) is 12.3. The average molecular weight is 270 g/mol. The van der Waals surface area contributed by atoms with Crippen LogP contribution in [0.15, 0.2) is 59.5 Å². The van der Waals surface area contributed by atoms with E-state index in [0.29, 0.717) is 0 Å². The molecule has 0 aliphatic rings. The number of benzene rings is 2. The van der Waals surface area contributed by atoms with Crippen LogP contribution in [0.2, 0.25) is 0 Å². The van der Waals surface area contributed by atoms with Crippen molar-refractivity contribution in [2.24, 2.45) is 0 Å². The molecule has 0 aromatic heterocycles. The van der Waals surface area contributed by atoms with Gasteiger partial charge in [0.1, 0.15) is 0 Å². The molecule has 98 valence electrons. The van der Waals surface area contributed by atoms with Crippen molar-refractivity contribution in [2.45, 2.75) is 31.1 Å². The predicted octanol–water partition coefficient (Wildman–Crippen LogP) is 4.92. The van der Waals surface area contributed by atoms with Crippen molar-refractivity contribution in [3.05, 3.63) is 65.7 Å². The molecule has 19 heavy (non-hydrogen) atoms. The number of hydrogen-bond acceptors (Lipinski definition) is 2. The quantitative estimate of drug-likeness (QED) is 0.721. The number of carbonyl (C=O) groups excluding carboxylic acids is 1. The summed E-state index contributed by atoms with van der Waals surface area (Å²) in [5, 5.41) is 0.0871. The Labute approximate surface area is 119 Å². The minimum absolute atomic E-state index is 0.0871. The molecule has 0 heterocycles. The topological polar surface area (TPSA) is 17.1 Å². The molecule has 2 aromatic rings. The third-order valence-electron chi connectivity index (χ3n) is 2.94. The molecule has 0 bridgehead atoms. The molecule has 0 saturated carbocycles. The molecular weight excluding hydrogens is 252 g/mol. The summed E-state index contributed by atoms with van der Waals surface area (Å²) in [5.41, 5.74) is 2.17. The van der Waals surface area contributed by atoms with Crippen LogP contribution in [0.4, 0.5) is 0 Å². The molecule has 0 atom stereocenters. The van der Waals surface area contributed by atoms with Gasteiger partial charge in [-0.2, -0.15) is 0 Å². The van der Waals surface area contributed by atoms with E-state index in [1.807, 2.05) is 42.5 Å². The van der Waals surface area contributed by atoms with Crippen molar-refractivity contribution >= 4 is 16.9 Å². The second-order valence-corrected chi connectivity index (χ2v) is 6.58. The Hall–Kier alpha value is -1.54. The van der Waals surface area contributed by atoms with Crippen LogP contribution >= 0.6 is 11.8 Å². The van der Waals surface area contributed by atoms with E-state index in [9.17, 15) is 4.79 Å². The molecule has 0 spiro atoms. The van der Waals surface area contributed by atoms with E-state index in [1.165, 1.54) is 17.3 Å². The van der Waals surface area contributed by atoms with Gasteiger partial charge in [-0.15, -0.1) is 0 Å². The van der Waals surface area contributed by atoms with E-state index in [0.717, 1.165) is 10.5 Å². The fraction of sp³-hybridized carbons (Fsp3) is 0.235. The molecule has 0 aliphatic carbocycles. The lowest BCUT2D eigenvalue weighted by atomic mass is 9.87. The van der Waals surface area contributed by atoms with Crippen LogP contribution in [0.1, 0.15) is 36.7 Å². The highest BCUT2D eigenvalue weighted by atomic mass is 32.2. The molecule has 0 unspecified atom stereocenters. The van der Waals surface area contributed by atoms with E-state index in [1.54, 1.807) is 0 Å². The zero-order valence-electron chi connectivity index (χ0n) is 11.5. The first-order chi connectivity index (χ1) is 8.97. The normalized spacial score (nSPS) is 11.3. The maximum atomic E-state index is 12.1. The minimum atomic E-state index is 0.0871.